The fraction of sp³-hybridized carbons (Fsp3) is 0.632. The highest BCUT2D eigenvalue weighted by molar-refractivity contribution is 6.31. The van der Waals surface area contributed by atoms with Gasteiger partial charge in [0.15, 0.2) is 11.4 Å². The average molecular weight is 417 g/mol. The van der Waals surface area contributed by atoms with Gasteiger partial charge >= 0.3 is 0 Å². The van der Waals surface area contributed by atoms with Gasteiger partial charge in [-0.3, -0.25) is 4.90 Å². The van der Waals surface area contributed by atoms with Crippen LogP contribution in [0.3, 0.4) is 0 Å². The Kier molecular flexibility index (Phi) is 6.84. The molecule has 2 heterocycles. The Morgan fingerprint density at radius 1 is 1.15 bits per heavy atom. The molecular weight excluding hydrogens is 390 g/mol. The van der Waals surface area contributed by atoms with Crippen molar-refractivity contribution in [3.63, 3.8) is 0 Å². The van der Waals surface area contributed by atoms with Crippen molar-refractivity contribution in [1.82, 2.24) is 10.1 Å². The van der Waals surface area contributed by atoms with E-state index in [4.69, 9.17) is 21.9 Å². The summed E-state index contributed by atoms with van der Waals surface area (Å²) in [4.78, 5) is 4.73. The largest absolute Gasteiger partial charge is 0.354 e. The number of aromatic nitrogens is 1. The standard InChI is InChI=1S/C19H26ClFN4O.ClH/c20-16-11-15-18(12-17(16)21)26-23-19(15)25-9-7-24(8-10-25)6-5-13-1-3-14(22)4-2-13;/h11-14H,1-10,22H2;1H. The smallest absolute Gasteiger partial charge is 0.180 e. The van der Waals surface area contributed by atoms with Crippen LogP contribution in [0.2, 0.25) is 5.02 Å². The van der Waals surface area contributed by atoms with E-state index in [1.165, 1.54) is 38.2 Å². The molecule has 0 amide bonds. The highest BCUT2D eigenvalue weighted by Crippen LogP contribution is 2.31. The third kappa shape index (κ3) is 4.67. The van der Waals surface area contributed by atoms with Crippen LogP contribution in [0.5, 0.6) is 0 Å². The average Bonchev–Trinajstić information content (AvgIpc) is 3.05. The van der Waals surface area contributed by atoms with E-state index in [9.17, 15) is 4.39 Å². The van der Waals surface area contributed by atoms with E-state index in [0.717, 1.165) is 49.8 Å². The number of benzene rings is 1. The van der Waals surface area contributed by atoms with Crippen molar-refractivity contribution >= 4 is 40.8 Å². The van der Waals surface area contributed by atoms with Crippen LogP contribution in [-0.4, -0.2) is 48.8 Å². The number of fused-ring (bicyclic) bond motifs is 1. The van der Waals surface area contributed by atoms with Gasteiger partial charge in [0, 0.05) is 38.3 Å². The van der Waals surface area contributed by atoms with E-state index in [2.05, 4.69) is 15.0 Å². The summed E-state index contributed by atoms with van der Waals surface area (Å²) in [7, 11) is 0. The molecule has 1 saturated heterocycles. The topological polar surface area (TPSA) is 58.5 Å². The lowest BCUT2D eigenvalue weighted by Crippen LogP contribution is -2.47. The molecule has 2 aliphatic rings. The summed E-state index contributed by atoms with van der Waals surface area (Å²) in [5.74, 6) is 1.13. The van der Waals surface area contributed by atoms with Gasteiger partial charge in [-0.15, -0.1) is 12.4 Å². The lowest BCUT2D eigenvalue weighted by atomic mass is 9.84. The molecule has 0 unspecified atom stereocenters. The maximum Gasteiger partial charge on any atom is 0.180 e. The summed E-state index contributed by atoms with van der Waals surface area (Å²) < 4.78 is 18.9. The lowest BCUT2D eigenvalue weighted by molar-refractivity contribution is 0.216. The van der Waals surface area contributed by atoms with E-state index in [1.54, 1.807) is 6.07 Å². The fourth-order valence-electron chi connectivity index (χ4n) is 4.17. The van der Waals surface area contributed by atoms with E-state index in [1.807, 2.05) is 0 Å². The maximum absolute atomic E-state index is 13.6. The third-order valence-electron chi connectivity index (χ3n) is 5.91. The summed E-state index contributed by atoms with van der Waals surface area (Å²) in [6.45, 7) is 4.97. The van der Waals surface area contributed by atoms with E-state index >= 15 is 0 Å². The van der Waals surface area contributed by atoms with Crippen molar-refractivity contribution in [2.45, 2.75) is 38.1 Å². The first kappa shape index (κ1) is 20.6. The van der Waals surface area contributed by atoms with Crippen LogP contribution < -0.4 is 10.6 Å². The summed E-state index contributed by atoms with van der Waals surface area (Å²) in [6.07, 6.45) is 6.20. The first-order valence-electron chi connectivity index (χ1n) is 9.57. The third-order valence-corrected chi connectivity index (χ3v) is 6.20. The van der Waals surface area contributed by atoms with E-state index in [0.29, 0.717) is 11.6 Å². The van der Waals surface area contributed by atoms with Crippen molar-refractivity contribution in [1.29, 1.82) is 0 Å². The summed E-state index contributed by atoms with van der Waals surface area (Å²) in [5, 5.41) is 5.03. The van der Waals surface area contributed by atoms with Gasteiger partial charge in [0.25, 0.3) is 0 Å². The second-order valence-corrected chi connectivity index (χ2v) is 8.07. The van der Waals surface area contributed by atoms with Gasteiger partial charge in [-0.25, -0.2) is 4.39 Å². The molecule has 1 aromatic heterocycles. The van der Waals surface area contributed by atoms with Crippen LogP contribution in [0, 0.1) is 11.7 Å². The number of nitrogens with two attached hydrogens (primary N) is 1. The second-order valence-electron chi connectivity index (χ2n) is 7.67. The summed E-state index contributed by atoms with van der Waals surface area (Å²) in [5.41, 5.74) is 6.44. The second kappa shape index (κ2) is 8.95. The molecule has 2 fully saturated rings. The predicted octanol–water partition coefficient (Wildman–Crippen LogP) is 4.07. The van der Waals surface area contributed by atoms with Gasteiger partial charge in [-0.1, -0.05) is 16.8 Å². The number of rotatable bonds is 4. The quantitative estimate of drug-likeness (QED) is 0.813. The zero-order chi connectivity index (χ0) is 18.1. The van der Waals surface area contributed by atoms with Gasteiger partial charge in [-0.2, -0.15) is 0 Å². The van der Waals surface area contributed by atoms with Crippen LogP contribution in [-0.2, 0) is 0 Å². The minimum atomic E-state index is -0.477. The summed E-state index contributed by atoms with van der Waals surface area (Å²) in [6, 6.07) is 3.34. The lowest BCUT2D eigenvalue weighted by Gasteiger charge is -2.36. The van der Waals surface area contributed by atoms with Crippen LogP contribution in [0.25, 0.3) is 11.0 Å². The van der Waals surface area contributed by atoms with E-state index in [-0.39, 0.29) is 17.4 Å². The van der Waals surface area contributed by atoms with Crippen molar-refractivity contribution < 1.29 is 8.91 Å². The normalized spacial score (nSPS) is 24.2. The highest BCUT2D eigenvalue weighted by Gasteiger charge is 2.24. The molecule has 150 valence electrons. The van der Waals surface area contributed by atoms with E-state index < -0.39 is 5.82 Å². The number of hydrogen-bond acceptors (Lipinski definition) is 5. The minimum absolute atomic E-state index is 0. The first-order valence-corrected chi connectivity index (χ1v) is 9.95. The molecule has 1 aliphatic heterocycles. The minimum Gasteiger partial charge on any atom is -0.354 e. The van der Waals surface area contributed by atoms with Crippen LogP contribution in [0.1, 0.15) is 32.1 Å². The summed E-state index contributed by atoms with van der Waals surface area (Å²) >= 11 is 5.92. The molecule has 1 aliphatic carbocycles. The monoisotopic (exact) mass is 416 g/mol. The molecule has 2 aromatic rings. The number of halogens is 3. The Morgan fingerprint density at radius 3 is 2.56 bits per heavy atom. The first-order chi connectivity index (χ1) is 12.6. The number of nitrogens with zero attached hydrogens (tertiary/aromatic N) is 3. The molecule has 5 nitrogen and oxygen atoms in total. The molecular formula is C19H27Cl2FN4O. The molecule has 0 bridgehead atoms. The van der Waals surface area contributed by atoms with Crippen molar-refractivity contribution in [2.24, 2.45) is 11.7 Å². The van der Waals surface area contributed by atoms with Gasteiger partial charge in [0.05, 0.1) is 10.4 Å². The van der Waals surface area contributed by atoms with Gasteiger partial charge in [0.1, 0.15) is 5.82 Å². The number of piperazine rings is 1. The van der Waals surface area contributed by atoms with Crippen LogP contribution in [0.15, 0.2) is 16.7 Å². The zero-order valence-electron chi connectivity index (χ0n) is 15.4. The fourth-order valence-corrected chi connectivity index (χ4v) is 4.34. The number of hydrogen-bond donors (Lipinski definition) is 1. The van der Waals surface area contributed by atoms with Crippen LogP contribution in [0.4, 0.5) is 10.2 Å². The van der Waals surface area contributed by atoms with Crippen molar-refractivity contribution in [3.05, 3.63) is 23.0 Å². The van der Waals surface area contributed by atoms with Crippen molar-refractivity contribution in [3.8, 4) is 0 Å². The maximum atomic E-state index is 13.6. The molecule has 1 aromatic carbocycles. The molecule has 2 N–H and O–H groups in total. The van der Waals surface area contributed by atoms with Crippen molar-refractivity contribution in [2.75, 3.05) is 37.6 Å². The molecule has 0 radical (unpaired) electrons. The molecule has 0 atom stereocenters. The zero-order valence-corrected chi connectivity index (χ0v) is 16.9. The Labute approximate surface area is 170 Å². The molecule has 4 rings (SSSR count). The Balaban J connectivity index is 0.00000210. The van der Waals surface area contributed by atoms with Crippen LogP contribution >= 0.6 is 24.0 Å². The predicted molar refractivity (Wildman–Crippen MR) is 109 cm³/mol. The SMILES string of the molecule is Cl.NC1CCC(CCN2CCN(c3noc4cc(F)c(Cl)cc34)CC2)CC1. The van der Waals surface area contributed by atoms with Gasteiger partial charge in [0.2, 0.25) is 0 Å². The van der Waals surface area contributed by atoms with Gasteiger partial charge < -0.3 is 15.2 Å². The highest BCUT2D eigenvalue weighted by atomic mass is 35.5. The number of anilines is 1. The molecule has 8 heteroatoms. The van der Waals surface area contributed by atoms with Gasteiger partial charge in [-0.05, 0) is 50.6 Å². The molecule has 1 saturated carbocycles. The Bertz CT molecular complexity index is 755. The Morgan fingerprint density at radius 2 is 1.85 bits per heavy atom. The molecule has 0 spiro atoms. The molecule has 27 heavy (non-hydrogen) atoms. The Hall–Kier alpha value is -1.08.